The van der Waals surface area contributed by atoms with Gasteiger partial charge in [0.25, 0.3) is 0 Å². The van der Waals surface area contributed by atoms with Crippen molar-refractivity contribution in [3.8, 4) is 0 Å². The van der Waals surface area contributed by atoms with Crippen molar-refractivity contribution in [3.05, 3.63) is 16.1 Å². The molecular weight excluding hydrogens is 317 g/mol. The summed E-state index contributed by atoms with van der Waals surface area (Å²) in [6, 6.07) is 0.201. The maximum absolute atomic E-state index is 11.8. The molecule has 0 bridgehead atoms. The van der Waals surface area contributed by atoms with Crippen LogP contribution in [0.1, 0.15) is 42.8 Å². The molecule has 2 rings (SSSR count). The van der Waals surface area contributed by atoms with Crippen LogP contribution in [0.4, 0.5) is 0 Å². The molecule has 4 nitrogen and oxygen atoms in total. The molecule has 3 N–H and O–H groups in total. The fraction of sp³-hybridized carbons (Fsp3) is 0.692. The summed E-state index contributed by atoms with van der Waals surface area (Å²) in [6.07, 6.45) is 5.12. The molecule has 0 saturated heterocycles. The molecule has 7 heteroatoms. The summed E-state index contributed by atoms with van der Waals surface area (Å²) in [5.74, 6) is 0.460. The number of nitrogens with one attached hydrogen (secondary N) is 1. The van der Waals surface area contributed by atoms with Gasteiger partial charge < -0.3 is 11.1 Å². The average Bonchev–Trinajstić information content (AvgIpc) is 2.76. The van der Waals surface area contributed by atoms with Crippen molar-refractivity contribution in [1.82, 2.24) is 10.3 Å². The summed E-state index contributed by atoms with van der Waals surface area (Å²) in [5.41, 5.74) is 7.06. The van der Waals surface area contributed by atoms with Gasteiger partial charge in [0.15, 0.2) is 0 Å². The highest BCUT2D eigenvalue weighted by Crippen LogP contribution is 2.25. The van der Waals surface area contributed by atoms with E-state index in [1.54, 1.807) is 11.3 Å². The van der Waals surface area contributed by atoms with E-state index in [2.05, 4.69) is 10.3 Å². The molecule has 1 aliphatic carbocycles. The number of aromatic nitrogens is 1. The molecule has 0 aliphatic heterocycles. The number of nitrogens with two attached hydrogens (primary N) is 1. The zero-order chi connectivity index (χ0) is 13.0. The number of halogens is 2. The standard InChI is InChI=1S/C13H21N3OS.2ClH/c1-9-8-18-13(16-9)7-15-12(17)6-10-4-2-3-5-11(10)14;;/h8,10-11H,2-7,14H2,1H3,(H,15,17);2*1H. The molecular formula is C13H23Cl2N3OS. The van der Waals surface area contributed by atoms with Crippen LogP contribution < -0.4 is 11.1 Å². The van der Waals surface area contributed by atoms with Gasteiger partial charge >= 0.3 is 0 Å². The van der Waals surface area contributed by atoms with Gasteiger partial charge in [-0.1, -0.05) is 12.8 Å². The van der Waals surface area contributed by atoms with Crippen molar-refractivity contribution in [2.75, 3.05) is 0 Å². The zero-order valence-corrected chi connectivity index (χ0v) is 14.1. The number of carbonyl (C=O) groups is 1. The zero-order valence-electron chi connectivity index (χ0n) is 11.6. The molecule has 0 radical (unpaired) electrons. The Bertz CT molecular complexity index is 414. The lowest BCUT2D eigenvalue weighted by molar-refractivity contribution is -0.122. The lowest BCUT2D eigenvalue weighted by Crippen LogP contribution is -2.36. The molecule has 1 amide bonds. The van der Waals surface area contributed by atoms with Gasteiger partial charge in [0.05, 0.1) is 6.54 Å². The largest absolute Gasteiger partial charge is 0.350 e. The molecule has 0 aromatic carbocycles. The third kappa shape index (κ3) is 5.95. The van der Waals surface area contributed by atoms with E-state index < -0.39 is 0 Å². The molecule has 1 aromatic heterocycles. The molecule has 1 aromatic rings. The van der Waals surface area contributed by atoms with E-state index in [1.165, 1.54) is 12.8 Å². The molecule has 1 aliphatic rings. The molecule has 1 heterocycles. The number of hydrogen-bond donors (Lipinski definition) is 2. The number of hydrogen-bond acceptors (Lipinski definition) is 4. The minimum absolute atomic E-state index is 0. The SMILES string of the molecule is Cc1csc(CNC(=O)CC2CCCCC2N)n1.Cl.Cl. The second kappa shape index (κ2) is 9.55. The maximum atomic E-state index is 11.8. The first kappa shape index (κ1) is 19.6. The third-order valence-electron chi connectivity index (χ3n) is 3.52. The van der Waals surface area contributed by atoms with Crippen molar-refractivity contribution in [1.29, 1.82) is 0 Å². The van der Waals surface area contributed by atoms with Gasteiger partial charge in [-0.15, -0.1) is 36.2 Å². The van der Waals surface area contributed by atoms with Gasteiger partial charge in [-0.25, -0.2) is 4.98 Å². The van der Waals surface area contributed by atoms with E-state index in [0.29, 0.717) is 18.9 Å². The summed E-state index contributed by atoms with van der Waals surface area (Å²) in [4.78, 5) is 16.2. The van der Waals surface area contributed by atoms with Crippen LogP contribution in [-0.4, -0.2) is 16.9 Å². The van der Waals surface area contributed by atoms with Crippen LogP contribution in [0.25, 0.3) is 0 Å². The number of amides is 1. The summed E-state index contributed by atoms with van der Waals surface area (Å²) >= 11 is 1.59. The Balaban J connectivity index is 0.00000180. The van der Waals surface area contributed by atoms with E-state index in [1.807, 2.05) is 12.3 Å². The first-order valence-corrected chi connectivity index (χ1v) is 7.46. The molecule has 0 spiro atoms. The van der Waals surface area contributed by atoms with Crippen LogP contribution in [-0.2, 0) is 11.3 Å². The molecule has 2 atom stereocenters. The molecule has 116 valence electrons. The van der Waals surface area contributed by atoms with Crippen LogP contribution in [0.15, 0.2) is 5.38 Å². The Labute approximate surface area is 136 Å². The van der Waals surface area contributed by atoms with Crippen LogP contribution in [0.3, 0.4) is 0 Å². The van der Waals surface area contributed by atoms with Gasteiger partial charge in [-0.3, -0.25) is 4.79 Å². The monoisotopic (exact) mass is 339 g/mol. The van der Waals surface area contributed by atoms with E-state index in [0.717, 1.165) is 23.5 Å². The van der Waals surface area contributed by atoms with Crippen LogP contribution >= 0.6 is 36.2 Å². The Kier molecular flexibility index (Phi) is 9.38. The van der Waals surface area contributed by atoms with Gasteiger partial charge in [-0.05, 0) is 25.7 Å². The van der Waals surface area contributed by atoms with Crippen molar-refractivity contribution in [3.63, 3.8) is 0 Å². The van der Waals surface area contributed by atoms with E-state index in [-0.39, 0.29) is 36.8 Å². The molecule has 1 saturated carbocycles. The average molecular weight is 340 g/mol. The molecule has 20 heavy (non-hydrogen) atoms. The summed E-state index contributed by atoms with van der Waals surface area (Å²) in [5, 5.41) is 5.90. The Morgan fingerprint density at radius 3 is 2.75 bits per heavy atom. The number of carbonyl (C=O) groups excluding carboxylic acids is 1. The normalized spacial score (nSPS) is 21.5. The van der Waals surface area contributed by atoms with E-state index in [4.69, 9.17) is 5.73 Å². The third-order valence-corrected chi connectivity index (χ3v) is 4.49. The number of aryl methyl sites for hydroxylation is 1. The first-order chi connectivity index (χ1) is 8.65. The summed E-state index contributed by atoms with van der Waals surface area (Å²) in [6.45, 7) is 2.50. The topological polar surface area (TPSA) is 68.0 Å². The number of thiazole rings is 1. The van der Waals surface area contributed by atoms with Crippen molar-refractivity contribution >= 4 is 42.1 Å². The second-order valence-electron chi connectivity index (χ2n) is 5.07. The minimum atomic E-state index is 0. The lowest BCUT2D eigenvalue weighted by Gasteiger charge is -2.27. The fourth-order valence-corrected chi connectivity index (χ4v) is 3.17. The Morgan fingerprint density at radius 1 is 1.45 bits per heavy atom. The Morgan fingerprint density at radius 2 is 2.15 bits per heavy atom. The smallest absolute Gasteiger partial charge is 0.220 e. The quantitative estimate of drug-likeness (QED) is 0.886. The maximum Gasteiger partial charge on any atom is 0.220 e. The number of nitrogens with zero attached hydrogens (tertiary/aromatic N) is 1. The van der Waals surface area contributed by atoms with E-state index in [9.17, 15) is 4.79 Å². The predicted octanol–water partition coefficient (Wildman–Crippen LogP) is 2.82. The second-order valence-corrected chi connectivity index (χ2v) is 6.01. The number of rotatable bonds is 4. The van der Waals surface area contributed by atoms with Crippen LogP contribution in [0.2, 0.25) is 0 Å². The van der Waals surface area contributed by atoms with Crippen LogP contribution in [0.5, 0.6) is 0 Å². The van der Waals surface area contributed by atoms with Crippen molar-refractivity contribution in [2.45, 2.75) is 51.6 Å². The molecule has 2 unspecified atom stereocenters. The highest BCUT2D eigenvalue weighted by atomic mass is 35.5. The van der Waals surface area contributed by atoms with Gasteiger partial charge in [-0.2, -0.15) is 0 Å². The minimum Gasteiger partial charge on any atom is -0.350 e. The lowest BCUT2D eigenvalue weighted by atomic mass is 9.83. The van der Waals surface area contributed by atoms with E-state index >= 15 is 0 Å². The van der Waals surface area contributed by atoms with Gasteiger partial charge in [0.1, 0.15) is 5.01 Å². The fourth-order valence-electron chi connectivity index (χ4n) is 2.46. The first-order valence-electron chi connectivity index (χ1n) is 6.58. The Hall–Kier alpha value is -0.360. The highest BCUT2D eigenvalue weighted by Gasteiger charge is 2.23. The van der Waals surface area contributed by atoms with Crippen molar-refractivity contribution < 1.29 is 4.79 Å². The molecule has 1 fully saturated rings. The highest BCUT2D eigenvalue weighted by molar-refractivity contribution is 7.09. The van der Waals surface area contributed by atoms with Crippen LogP contribution in [0, 0.1) is 12.8 Å². The van der Waals surface area contributed by atoms with Gasteiger partial charge in [0.2, 0.25) is 5.91 Å². The summed E-state index contributed by atoms with van der Waals surface area (Å²) in [7, 11) is 0. The van der Waals surface area contributed by atoms with Crippen molar-refractivity contribution in [2.24, 2.45) is 11.7 Å². The predicted molar refractivity (Wildman–Crippen MR) is 87.7 cm³/mol. The van der Waals surface area contributed by atoms with Gasteiger partial charge in [0, 0.05) is 23.5 Å². The summed E-state index contributed by atoms with van der Waals surface area (Å²) < 4.78 is 0.